The fourth-order valence-corrected chi connectivity index (χ4v) is 3.66. The predicted molar refractivity (Wildman–Crippen MR) is 101 cm³/mol. The van der Waals surface area contributed by atoms with Gasteiger partial charge in [0.2, 0.25) is 17.6 Å². The molecule has 0 unspecified atom stereocenters. The van der Waals surface area contributed by atoms with Crippen LogP contribution in [0.25, 0.3) is 11.4 Å². The Kier molecular flexibility index (Phi) is 5.96. The van der Waals surface area contributed by atoms with Crippen molar-refractivity contribution < 1.29 is 24.0 Å². The van der Waals surface area contributed by atoms with Crippen LogP contribution in [-0.2, 0) is 16.0 Å². The molecule has 1 aromatic carbocycles. The van der Waals surface area contributed by atoms with Gasteiger partial charge in [0.1, 0.15) is 11.3 Å². The van der Waals surface area contributed by atoms with Crippen LogP contribution in [0, 0.1) is 0 Å². The fourth-order valence-electron chi connectivity index (χ4n) is 3.66. The predicted octanol–water partition coefficient (Wildman–Crippen LogP) is 2.92. The molecule has 0 aliphatic heterocycles. The summed E-state index contributed by atoms with van der Waals surface area (Å²) in [7, 11) is 3.18. The van der Waals surface area contributed by atoms with Crippen LogP contribution in [0.3, 0.4) is 0 Å². The zero-order valence-electron chi connectivity index (χ0n) is 16.2. The van der Waals surface area contributed by atoms with Gasteiger partial charge in [-0.2, -0.15) is 4.98 Å². The fraction of sp³-hybridized carbons (Fsp3) is 0.500. The van der Waals surface area contributed by atoms with Crippen molar-refractivity contribution in [2.24, 2.45) is 0 Å². The van der Waals surface area contributed by atoms with Gasteiger partial charge in [-0.1, -0.05) is 24.4 Å². The molecular formula is C20H25N3O5. The van der Waals surface area contributed by atoms with E-state index in [1.165, 1.54) is 4.90 Å². The van der Waals surface area contributed by atoms with Crippen molar-refractivity contribution in [1.82, 2.24) is 15.0 Å². The molecule has 1 aliphatic rings. The van der Waals surface area contributed by atoms with Crippen LogP contribution < -0.4 is 4.74 Å². The van der Waals surface area contributed by atoms with Crippen molar-refractivity contribution in [2.45, 2.75) is 50.5 Å². The van der Waals surface area contributed by atoms with Gasteiger partial charge in [-0.25, -0.2) is 4.79 Å². The molecule has 0 spiro atoms. The second-order valence-corrected chi connectivity index (χ2v) is 7.09. The highest BCUT2D eigenvalue weighted by atomic mass is 16.5. The molecule has 28 heavy (non-hydrogen) atoms. The lowest BCUT2D eigenvalue weighted by molar-refractivity contribution is -0.160. The maximum absolute atomic E-state index is 12.6. The Hall–Kier alpha value is -2.90. The number of carboxylic acids is 1. The number of aliphatic carboxylic acids is 1. The molecule has 0 radical (unpaired) electrons. The van der Waals surface area contributed by atoms with Crippen LogP contribution in [0.4, 0.5) is 0 Å². The second-order valence-electron chi connectivity index (χ2n) is 7.09. The van der Waals surface area contributed by atoms with E-state index in [2.05, 4.69) is 10.1 Å². The van der Waals surface area contributed by atoms with Gasteiger partial charge in [0.15, 0.2) is 0 Å². The molecule has 1 aromatic heterocycles. The average molecular weight is 387 g/mol. The number of rotatable bonds is 7. The Balaban J connectivity index is 1.62. The summed E-state index contributed by atoms with van der Waals surface area (Å²) in [6.45, 7) is 0. The molecule has 1 fully saturated rings. The van der Waals surface area contributed by atoms with Crippen molar-refractivity contribution in [2.75, 3.05) is 14.2 Å². The molecule has 0 atom stereocenters. The second kappa shape index (κ2) is 8.41. The van der Waals surface area contributed by atoms with E-state index in [9.17, 15) is 14.7 Å². The van der Waals surface area contributed by atoms with Crippen molar-refractivity contribution in [1.29, 1.82) is 0 Å². The average Bonchev–Trinajstić information content (AvgIpc) is 3.21. The third-order valence-electron chi connectivity index (χ3n) is 5.46. The van der Waals surface area contributed by atoms with E-state index >= 15 is 0 Å². The molecule has 1 aliphatic carbocycles. The monoisotopic (exact) mass is 387 g/mol. The smallest absolute Gasteiger partial charge is 0.329 e. The largest absolute Gasteiger partial charge is 0.497 e. The molecule has 1 heterocycles. The van der Waals surface area contributed by atoms with E-state index in [-0.39, 0.29) is 18.7 Å². The van der Waals surface area contributed by atoms with Crippen molar-refractivity contribution in [3.8, 4) is 17.1 Å². The number of amides is 1. The Morgan fingerprint density at radius 2 is 1.89 bits per heavy atom. The summed E-state index contributed by atoms with van der Waals surface area (Å²) in [6, 6.07) is 7.26. The Morgan fingerprint density at radius 1 is 1.21 bits per heavy atom. The Morgan fingerprint density at radius 3 is 2.50 bits per heavy atom. The molecule has 8 heteroatoms. The molecule has 8 nitrogen and oxygen atoms in total. The first-order chi connectivity index (χ1) is 13.5. The van der Waals surface area contributed by atoms with Gasteiger partial charge >= 0.3 is 5.97 Å². The van der Waals surface area contributed by atoms with Gasteiger partial charge in [0.05, 0.1) is 7.11 Å². The van der Waals surface area contributed by atoms with E-state index in [0.717, 1.165) is 30.6 Å². The molecule has 0 saturated heterocycles. The maximum atomic E-state index is 12.6. The summed E-state index contributed by atoms with van der Waals surface area (Å²) in [5.41, 5.74) is -0.315. The lowest BCUT2D eigenvalue weighted by atomic mass is 9.80. The van der Waals surface area contributed by atoms with E-state index in [0.29, 0.717) is 24.6 Å². The number of aromatic nitrogens is 2. The van der Waals surface area contributed by atoms with Gasteiger partial charge in [-0.05, 0) is 37.1 Å². The quantitative estimate of drug-likeness (QED) is 0.778. The molecule has 1 N–H and O–H groups in total. The highest BCUT2D eigenvalue weighted by Crippen LogP contribution is 2.33. The maximum Gasteiger partial charge on any atom is 0.329 e. The number of hydrogen-bond acceptors (Lipinski definition) is 6. The number of ether oxygens (including phenoxy) is 1. The summed E-state index contributed by atoms with van der Waals surface area (Å²) < 4.78 is 10.4. The first-order valence-corrected chi connectivity index (χ1v) is 9.43. The Labute approximate surface area is 163 Å². The van der Waals surface area contributed by atoms with Gasteiger partial charge in [0, 0.05) is 25.5 Å². The van der Waals surface area contributed by atoms with Gasteiger partial charge in [-0.15, -0.1) is 0 Å². The van der Waals surface area contributed by atoms with Crippen molar-refractivity contribution in [3.05, 3.63) is 30.2 Å². The van der Waals surface area contributed by atoms with Crippen LogP contribution >= 0.6 is 0 Å². The van der Waals surface area contributed by atoms with E-state index < -0.39 is 11.5 Å². The van der Waals surface area contributed by atoms with E-state index in [4.69, 9.17) is 9.26 Å². The van der Waals surface area contributed by atoms with Crippen LogP contribution in [0.1, 0.15) is 44.4 Å². The van der Waals surface area contributed by atoms with Gasteiger partial charge in [0.25, 0.3) is 0 Å². The van der Waals surface area contributed by atoms with Crippen LogP contribution in [0.15, 0.2) is 28.8 Å². The van der Waals surface area contributed by atoms with Gasteiger partial charge in [-0.3, -0.25) is 4.79 Å². The van der Waals surface area contributed by atoms with Crippen LogP contribution in [0.5, 0.6) is 5.75 Å². The molecule has 3 rings (SSSR count). The number of benzene rings is 1. The summed E-state index contributed by atoms with van der Waals surface area (Å²) in [5.74, 6) is 0.362. The molecular weight excluding hydrogens is 362 g/mol. The third-order valence-corrected chi connectivity index (χ3v) is 5.46. The van der Waals surface area contributed by atoms with Crippen LogP contribution in [0.2, 0.25) is 0 Å². The number of likely N-dealkylation sites (N-methyl/N-ethyl adjacent to an activating group) is 1. The summed E-state index contributed by atoms with van der Waals surface area (Å²) in [4.78, 5) is 30.2. The van der Waals surface area contributed by atoms with E-state index in [1.54, 1.807) is 26.3 Å². The first kappa shape index (κ1) is 19.9. The minimum absolute atomic E-state index is 0.121. The molecule has 1 amide bonds. The number of nitrogens with zero attached hydrogens (tertiary/aromatic N) is 3. The number of hydrogen-bond donors (Lipinski definition) is 1. The molecule has 2 aromatic rings. The minimum Gasteiger partial charge on any atom is -0.497 e. The number of carbonyl (C=O) groups excluding carboxylic acids is 1. The zero-order valence-corrected chi connectivity index (χ0v) is 16.2. The standard InChI is InChI=1S/C20H25N3O5/c1-23(20(19(25)26)12-4-3-5-13-20)17(24)11-10-16-21-18(22-28-16)14-6-8-15(27-2)9-7-14/h6-9H,3-5,10-13H2,1-2H3,(H,25,26). The molecule has 1 saturated carbocycles. The number of aryl methyl sites for hydroxylation is 1. The third kappa shape index (κ3) is 4.00. The van der Waals surface area contributed by atoms with Crippen LogP contribution in [-0.4, -0.2) is 51.7 Å². The zero-order chi connectivity index (χ0) is 20.1. The van der Waals surface area contributed by atoms with Crippen molar-refractivity contribution in [3.63, 3.8) is 0 Å². The summed E-state index contributed by atoms with van der Waals surface area (Å²) in [5, 5.41) is 13.7. The lowest BCUT2D eigenvalue weighted by Gasteiger charge is -2.41. The minimum atomic E-state index is -1.10. The highest BCUT2D eigenvalue weighted by molar-refractivity contribution is 5.87. The highest BCUT2D eigenvalue weighted by Gasteiger charge is 2.45. The van der Waals surface area contributed by atoms with Gasteiger partial charge < -0.3 is 19.3 Å². The number of carbonyl (C=O) groups is 2. The topological polar surface area (TPSA) is 106 Å². The lowest BCUT2D eigenvalue weighted by Crippen LogP contribution is -2.56. The Bertz CT molecular complexity index is 825. The molecule has 0 bridgehead atoms. The van der Waals surface area contributed by atoms with Crippen molar-refractivity contribution >= 4 is 11.9 Å². The number of carboxylic acid groups (broad SMARTS) is 1. The molecule has 150 valence electrons. The normalized spacial score (nSPS) is 15.8. The SMILES string of the molecule is COc1ccc(-c2noc(CCC(=O)N(C)C3(C(=O)O)CCCCC3)n2)cc1. The summed E-state index contributed by atoms with van der Waals surface area (Å²) in [6.07, 6.45) is 4.02. The van der Waals surface area contributed by atoms with E-state index in [1.807, 2.05) is 12.1 Å². The number of methoxy groups -OCH3 is 1. The first-order valence-electron chi connectivity index (χ1n) is 9.43. The summed E-state index contributed by atoms with van der Waals surface area (Å²) >= 11 is 0.